The van der Waals surface area contributed by atoms with Gasteiger partial charge in [-0.3, -0.25) is 4.79 Å². The maximum atomic E-state index is 13.4. The molecule has 2 rings (SSSR count). The Labute approximate surface area is 597 Å². The first-order valence-corrected chi connectivity index (χ1v) is 40.1. The molecule has 0 radical (unpaired) electrons. The predicted octanol–water partition coefficient (Wildman–Crippen LogP) is 18.2. The molecule has 14 heteroatoms. The average molecular weight is 1380 g/mol. The van der Waals surface area contributed by atoms with Gasteiger partial charge in [0.25, 0.3) is 0 Å². The monoisotopic (exact) mass is 1380 g/mol. The summed E-state index contributed by atoms with van der Waals surface area (Å²) in [7, 11) is 0. The number of rotatable bonds is 66. The molecule has 12 atom stereocenters. The van der Waals surface area contributed by atoms with Crippen molar-refractivity contribution in [2.45, 2.75) is 396 Å². The normalized spacial score (nSPS) is 22.6. The Morgan fingerprint density at radius 2 is 0.714 bits per heavy atom. The van der Waals surface area contributed by atoms with Gasteiger partial charge < -0.3 is 65.1 Å². The molecule has 0 spiro atoms. The molecule has 1 amide bonds. The SMILES string of the molecule is CC/C=C\C/C=C\C/C=C\C/C=C\C/C=C\C/C=C\CCCCCCCCCCCCCCCCCCC(=O)NC(COC1OC(CO)C(OC2OC(CO)C(O)C(O)C2O)C(O)C1O)C(O)/C=C/CC/C=C/CC/C=C/CCCCCCCCCCCCCCCCCCCCC. The van der Waals surface area contributed by atoms with Gasteiger partial charge in [-0.2, -0.15) is 0 Å². The van der Waals surface area contributed by atoms with E-state index < -0.39 is 86.8 Å². The Kier molecular flexibility index (Phi) is 61.9. The molecule has 98 heavy (non-hydrogen) atoms. The molecule has 0 aliphatic carbocycles. The molecule has 2 aliphatic rings. The molecule has 0 aromatic rings. The van der Waals surface area contributed by atoms with Crippen molar-refractivity contribution in [3.05, 3.63) is 109 Å². The number of amides is 1. The number of ether oxygens (including phenoxy) is 4. The van der Waals surface area contributed by atoms with E-state index in [1.807, 2.05) is 6.08 Å². The molecule has 12 unspecified atom stereocenters. The molecule has 14 nitrogen and oxygen atoms in total. The van der Waals surface area contributed by atoms with E-state index in [-0.39, 0.29) is 18.9 Å². The Balaban J connectivity index is 1.64. The van der Waals surface area contributed by atoms with Crippen molar-refractivity contribution in [1.29, 1.82) is 0 Å². The van der Waals surface area contributed by atoms with Crippen LogP contribution in [0.1, 0.15) is 322 Å². The number of hydrogen-bond acceptors (Lipinski definition) is 13. The number of hydrogen-bond donors (Lipinski definition) is 9. The van der Waals surface area contributed by atoms with Crippen molar-refractivity contribution in [2.24, 2.45) is 0 Å². The summed E-state index contributed by atoms with van der Waals surface area (Å²) >= 11 is 0. The van der Waals surface area contributed by atoms with Gasteiger partial charge in [-0.15, -0.1) is 0 Å². The summed E-state index contributed by atoms with van der Waals surface area (Å²) < 4.78 is 22.9. The van der Waals surface area contributed by atoms with Crippen molar-refractivity contribution in [3.63, 3.8) is 0 Å². The summed E-state index contributed by atoms with van der Waals surface area (Å²) in [4.78, 5) is 13.4. The minimum Gasteiger partial charge on any atom is -0.394 e. The lowest BCUT2D eigenvalue weighted by Crippen LogP contribution is -2.65. The summed E-state index contributed by atoms with van der Waals surface area (Å²) in [5.41, 5.74) is 0. The van der Waals surface area contributed by atoms with Crippen LogP contribution in [0.2, 0.25) is 0 Å². The quantitative estimate of drug-likeness (QED) is 0.0204. The van der Waals surface area contributed by atoms with Crippen molar-refractivity contribution < 1.29 is 64.6 Å². The van der Waals surface area contributed by atoms with Crippen molar-refractivity contribution in [2.75, 3.05) is 19.8 Å². The first-order valence-electron chi connectivity index (χ1n) is 40.1. The number of aliphatic hydroxyl groups excluding tert-OH is 8. The van der Waals surface area contributed by atoms with Crippen LogP contribution in [0.5, 0.6) is 0 Å². The topological polar surface area (TPSA) is 228 Å². The van der Waals surface area contributed by atoms with Crippen molar-refractivity contribution in [3.8, 4) is 0 Å². The zero-order valence-corrected chi connectivity index (χ0v) is 62.0. The van der Waals surface area contributed by atoms with Gasteiger partial charge in [-0.05, 0) is 96.3 Å². The van der Waals surface area contributed by atoms with Gasteiger partial charge in [-0.25, -0.2) is 0 Å². The third-order valence-electron chi connectivity index (χ3n) is 18.9. The van der Waals surface area contributed by atoms with E-state index in [1.54, 1.807) is 6.08 Å². The van der Waals surface area contributed by atoms with E-state index in [0.717, 1.165) is 83.5 Å². The fourth-order valence-corrected chi connectivity index (χ4v) is 12.6. The average Bonchev–Trinajstić information content (AvgIpc) is 0.797. The molecule has 0 bridgehead atoms. The lowest BCUT2D eigenvalue weighted by Gasteiger charge is -2.46. The van der Waals surface area contributed by atoms with Crippen LogP contribution in [-0.4, -0.2) is 140 Å². The van der Waals surface area contributed by atoms with Gasteiger partial charge in [0.05, 0.1) is 32.0 Å². The van der Waals surface area contributed by atoms with Crippen LogP contribution >= 0.6 is 0 Å². The summed E-state index contributed by atoms with van der Waals surface area (Å²) in [6, 6.07) is -0.946. The zero-order valence-electron chi connectivity index (χ0n) is 62.0. The van der Waals surface area contributed by atoms with Crippen LogP contribution in [-0.2, 0) is 23.7 Å². The molecule has 9 N–H and O–H groups in total. The molecule has 0 aromatic carbocycles. The Morgan fingerprint density at radius 1 is 0.378 bits per heavy atom. The number of nitrogens with one attached hydrogen (secondary N) is 1. The van der Waals surface area contributed by atoms with Gasteiger partial charge in [0.2, 0.25) is 5.91 Å². The highest BCUT2D eigenvalue weighted by molar-refractivity contribution is 5.76. The summed E-state index contributed by atoms with van der Waals surface area (Å²) in [5.74, 6) is -0.253. The van der Waals surface area contributed by atoms with Crippen LogP contribution in [0.15, 0.2) is 109 Å². The first-order chi connectivity index (χ1) is 48.1. The highest BCUT2D eigenvalue weighted by atomic mass is 16.7. The van der Waals surface area contributed by atoms with Crippen LogP contribution in [0.25, 0.3) is 0 Å². The number of allylic oxidation sites excluding steroid dienone is 17. The van der Waals surface area contributed by atoms with Crippen LogP contribution < -0.4 is 5.32 Å². The van der Waals surface area contributed by atoms with Gasteiger partial charge in [-0.1, -0.05) is 329 Å². The van der Waals surface area contributed by atoms with Crippen LogP contribution in [0.4, 0.5) is 0 Å². The molecule has 0 aromatic heterocycles. The first kappa shape index (κ1) is 90.7. The van der Waals surface area contributed by atoms with Crippen molar-refractivity contribution in [1.82, 2.24) is 5.32 Å². The second-order valence-electron chi connectivity index (χ2n) is 27.8. The minimum absolute atomic E-state index is 0.253. The molecular weight excluding hydrogens is 1230 g/mol. The second-order valence-corrected chi connectivity index (χ2v) is 27.8. The Bertz CT molecular complexity index is 2070. The zero-order chi connectivity index (χ0) is 70.8. The second kappa shape index (κ2) is 66.9. The van der Waals surface area contributed by atoms with Crippen LogP contribution in [0, 0.1) is 0 Å². The Morgan fingerprint density at radius 3 is 1.12 bits per heavy atom. The van der Waals surface area contributed by atoms with E-state index in [1.165, 1.54) is 205 Å². The maximum Gasteiger partial charge on any atom is 0.220 e. The molecule has 2 saturated heterocycles. The highest BCUT2D eigenvalue weighted by Crippen LogP contribution is 2.30. The molecule has 0 saturated carbocycles. The van der Waals surface area contributed by atoms with E-state index in [9.17, 15) is 45.6 Å². The largest absolute Gasteiger partial charge is 0.394 e. The fraction of sp³-hybridized carbons (Fsp3) is 0.774. The maximum absolute atomic E-state index is 13.4. The highest BCUT2D eigenvalue weighted by Gasteiger charge is 2.51. The molecule has 2 aliphatic heterocycles. The van der Waals surface area contributed by atoms with Gasteiger partial charge >= 0.3 is 0 Å². The third kappa shape index (κ3) is 49.3. The molecular formula is C84H147NO13. The molecule has 2 fully saturated rings. The lowest BCUT2D eigenvalue weighted by atomic mass is 9.97. The molecule has 2 heterocycles. The van der Waals surface area contributed by atoms with E-state index in [2.05, 4.69) is 116 Å². The predicted molar refractivity (Wildman–Crippen MR) is 406 cm³/mol. The van der Waals surface area contributed by atoms with Crippen molar-refractivity contribution >= 4 is 5.91 Å². The van der Waals surface area contributed by atoms with E-state index in [0.29, 0.717) is 12.8 Å². The van der Waals surface area contributed by atoms with Gasteiger partial charge in [0.1, 0.15) is 48.8 Å². The van der Waals surface area contributed by atoms with Crippen LogP contribution in [0.3, 0.4) is 0 Å². The number of unbranched alkanes of at least 4 members (excludes halogenated alkanes) is 37. The standard InChI is InChI=1S/C84H147NO13/c1-3-5-7-9-11-13-15-17-19-21-23-25-27-29-31-33-34-35-36-37-38-40-42-44-46-48-50-52-54-56-58-60-62-64-66-68-76(89)85-72(71-95-83-81(94)79(92)82(75(70-87)97-83)98-84-80(93)78(91)77(90)74(69-86)96-84)73(88)67-65-63-61-59-57-55-53-51-49-47-45-43-41-39-32-30-28-26-24-22-20-18-16-14-12-10-8-6-4-2/h5,7,11,13,17,19,23,25,29,31,34-35,49,51,57,59,65,67,72-75,77-84,86-88,90-94H,3-4,6,8-10,12,14-16,18,20-22,24,26-28,30,32-33,36-48,50,52-56,58,60-64,66,68-71H2,1-2H3,(H,85,89)/b7-5-,13-11-,19-17-,25-23-,31-29-,35-34-,51-49+,59-57+,67-65+. The smallest absolute Gasteiger partial charge is 0.220 e. The van der Waals surface area contributed by atoms with E-state index >= 15 is 0 Å². The lowest BCUT2D eigenvalue weighted by molar-refractivity contribution is -0.359. The fourth-order valence-electron chi connectivity index (χ4n) is 12.6. The minimum atomic E-state index is -1.80. The summed E-state index contributed by atoms with van der Waals surface area (Å²) in [6.45, 7) is 2.70. The Hall–Kier alpha value is -3.35. The summed E-state index contributed by atoms with van der Waals surface area (Å²) in [5, 5.41) is 87.6. The third-order valence-corrected chi connectivity index (χ3v) is 18.9. The van der Waals surface area contributed by atoms with E-state index in [4.69, 9.17) is 18.9 Å². The number of carbonyl (C=O) groups excluding carboxylic acids is 1. The van der Waals surface area contributed by atoms with Gasteiger partial charge in [0.15, 0.2) is 12.6 Å². The summed E-state index contributed by atoms with van der Waals surface area (Å²) in [6.07, 6.45) is 80.2. The number of carbonyl (C=O) groups is 1. The van der Waals surface area contributed by atoms with Gasteiger partial charge in [0, 0.05) is 6.42 Å². The number of aliphatic hydroxyl groups is 8. The molecule has 566 valence electrons.